The highest BCUT2D eigenvalue weighted by molar-refractivity contribution is 7.99. The van der Waals surface area contributed by atoms with Crippen molar-refractivity contribution in [1.29, 1.82) is 0 Å². The molecule has 0 amide bonds. The number of nitrogen functional groups attached to an aromatic ring is 1. The molecule has 2 aromatic rings. The van der Waals surface area contributed by atoms with Gasteiger partial charge in [0.25, 0.3) is 0 Å². The largest absolute Gasteiger partial charge is 0.478 e. The lowest BCUT2D eigenvalue weighted by molar-refractivity contribution is 0.00691. The Morgan fingerprint density at radius 1 is 0.926 bits per heavy atom. The van der Waals surface area contributed by atoms with E-state index in [-0.39, 0.29) is 27.3 Å². The Balaban J connectivity index is 2.35. The molecule has 142 valence electrons. The first-order valence-electron chi connectivity index (χ1n) is 7.89. The Bertz CT molecular complexity index is 917. The third kappa shape index (κ3) is 5.24. The molecular weight excluding hydrogens is 370 g/mol. The Morgan fingerprint density at radius 2 is 1.56 bits per heavy atom. The number of carbonyl (C=O) groups excluding carboxylic acids is 1. The van der Waals surface area contributed by atoms with Crippen LogP contribution >= 0.6 is 11.8 Å². The van der Waals surface area contributed by atoms with Crippen molar-refractivity contribution >= 4 is 35.4 Å². The number of anilines is 1. The van der Waals surface area contributed by atoms with E-state index in [0.29, 0.717) is 4.90 Å². The summed E-state index contributed by atoms with van der Waals surface area (Å²) in [6, 6.07) is 8.27. The van der Waals surface area contributed by atoms with Crippen LogP contribution in [0.3, 0.4) is 0 Å². The van der Waals surface area contributed by atoms with E-state index in [1.807, 2.05) is 0 Å². The van der Waals surface area contributed by atoms with Crippen LogP contribution in [0.1, 0.15) is 51.8 Å². The van der Waals surface area contributed by atoms with Crippen molar-refractivity contribution in [3.63, 3.8) is 0 Å². The zero-order valence-electron chi connectivity index (χ0n) is 15.0. The summed E-state index contributed by atoms with van der Waals surface area (Å²) in [5.74, 6) is -2.87. The number of rotatable bonds is 5. The number of carbonyl (C=O) groups is 3. The van der Waals surface area contributed by atoms with Crippen molar-refractivity contribution in [2.45, 2.75) is 36.2 Å². The summed E-state index contributed by atoms with van der Waals surface area (Å²) in [7, 11) is 0. The fourth-order valence-corrected chi connectivity index (χ4v) is 3.14. The molecule has 2 rings (SSSR count). The average molecular weight is 389 g/mol. The second-order valence-corrected chi connectivity index (χ2v) is 7.76. The van der Waals surface area contributed by atoms with Gasteiger partial charge in [0.15, 0.2) is 0 Å². The first kappa shape index (κ1) is 20.3. The molecule has 0 radical (unpaired) electrons. The maximum atomic E-state index is 12.1. The summed E-state index contributed by atoms with van der Waals surface area (Å²) in [5.41, 5.74) is 5.80. The van der Waals surface area contributed by atoms with Gasteiger partial charge in [0, 0.05) is 15.5 Å². The molecule has 7 nitrogen and oxygen atoms in total. The summed E-state index contributed by atoms with van der Waals surface area (Å²) in [6.45, 7) is 5.25. The summed E-state index contributed by atoms with van der Waals surface area (Å²) < 4.78 is 5.29. The standard InChI is InChI=1S/C19H19NO6S/c1-19(2,3)26-18(25)11-5-7-14(13(20)8-11)27-15-9-10(16(21)22)4-6-12(15)17(23)24/h4-9H,20H2,1-3H3,(H,21,22)(H,23,24). The molecule has 0 saturated carbocycles. The molecular formula is C19H19NO6S. The number of carboxylic acids is 2. The molecule has 8 heteroatoms. The number of ether oxygens (including phenoxy) is 1. The molecule has 27 heavy (non-hydrogen) atoms. The van der Waals surface area contributed by atoms with Gasteiger partial charge in [0.1, 0.15) is 5.60 Å². The molecule has 0 fully saturated rings. The Hall–Kier alpha value is -3.00. The van der Waals surface area contributed by atoms with Crippen molar-refractivity contribution in [1.82, 2.24) is 0 Å². The monoisotopic (exact) mass is 389 g/mol. The number of esters is 1. The van der Waals surface area contributed by atoms with Gasteiger partial charge in [-0.05, 0) is 57.2 Å². The summed E-state index contributed by atoms with van der Waals surface area (Å²) >= 11 is 1.01. The van der Waals surface area contributed by atoms with Gasteiger partial charge in [-0.2, -0.15) is 0 Å². The topological polar surface area (TPSA) is 127 Å². The first-order valence-corrected chi connectivity index (χ1v) is 8.71. The van der Waals surface area contributed by atoms with Gasteiger partial charge < -0.3 is 20.7 Å². The molecule has 0 heterocycles. The minimum atomic E-state index is -1.18. The molecule has 0 aliphatic rings. The molecule has 0 bridgehead atoms. The van der Waals surface area contributed by atoms with Gasteiger partial charge in [-0.15, -0.1) is 0 Å². The van der Waals surface area contributed by atoms with E-state index >= 15 is 0 Å². The highest BCUT2D eigenvalue weighted by atomic mass is 32.2. The predicted molar refractivity (Wildman–Crippen MR) is 101 cm³/mol. The summed E-state index contributed by atoms with van der Waals surface area (Å²) in [6.07, 6.45) is 0. The molecule has 0 aliphatic carbocycles. The van der Waals surface area contributed by atoms with Crippen LogP contribution in [-0.2, 0) is 4.74 Å². The van der Waals surface area contributed by atoms with E-state index in [1.54, 1.807) is 26.8 Å². The summed E-state index contributed by atoms with van der Waals surface area (Å²) in [4.78, 5) is 35.4. The molecule has 2 aromatic carbocycles. The van der Waals surface area contributed by atoms with Crippen LogP contribution in [0, 0.1) is 0 Å². The Kier molecular flexibility index (Phi) is 5.80. The number of hydrogen-bond donors (Lipinski definition) is 3. The number of carboxylic acid groups (broad SMARTS) is 2. The van der Waals surface area contributed by atoms with Crippen LogP contribution in [0.15, 0.2) is 46.2 Å². The summed E-state index contributed by atoms with van der Waals surface area (Å²) in [5, 5.41) is 18.4. The minimum Gasteiger partial charge on any atom is -0.478 e. The quantitative estimate of drug-likeness (QED) is 0.521. The second-order valence-electron chi connectivity index (χ2n) is 6.68. The second kappa shape index (κ2) is 7.71. The molecule has 0 atom stereocenters. The van der Waals surface area contributed by atoms with E-state index in [9.17, 15) is 19.5 Å². The number of aromatic carboxylic acids is 2. The smallest absolute Gasteiger partial charge is 0.338 e. The van der Waals surface area contributed by atoms with Crippen LogP contribution < -0.4 is 5.73 Å². The van der Waals surface area contributed by atoms with E-state index in [0.717, 1.165) is 11.8 Å². The van der Waals surface area contributed by atoms with E-state index in [4.69, 9.17) is 15.6 Å². The van der Waals surface area contributed by atoms with Crippen LogP contribution in [-0.4, -0.2) is 33.7 Å². The third-order valence-corrected chi connectivity index (χ3v) is 4.47. The number of nitrogens with two attached hydrogens (primary N) is 1. The predicted octanol–water partition coefficient (Wildman–Crippen LogP) is 3.77. The minimum absolute atomic E-state index is 0.0357. The van der Waals surface area contributed by atoms with Gasteiger partial charge in [-0.1, -0.05) is 11.8 Å². The maximum Gasteiger partial charge on any atom is 0.338 e. The number of benzene rings is 2. The van der Waals surface area contributed by atoms with Crippen molar-refractivity contribution in [3.8, 4) is 0 Å². The lowest BCUT2D eigenvalue weighted by Gasteiger charge is -2.19. The molecule has 0 aromatic heterocycles. The number of hydrogen-bond acceptors (Lipinski definition) is 6. The van der Waals surface area contributed by atoms with Crippen LogP contribution in [0.2, 0.25) is 0 Å². The molecule has 0 aliphatic heterocycles. The van der Waals surface area contributed by atoms with Gasteiger partial charge in [-0.3, -0.25) is 0 Å². The highest BCUT2D eigenvalue weighted by Crippen LogP contribution is 2.35. The molecule has 0 unspecified atom stereocenters. The van der Waals surface area contributed by atoms with Crippen molar-refractivity contribution in [3.05, 3.63) is 53.1 Å². The SMILES string of the molecule is CC(C)(C)OC(=O)c1ccc(Sc2cc(C(=O)O)ccc2C(=O)O)c(N)c1. The Morgan fingerprint density at radius 3 is 2.07 bits per heavy atom. The third-order valence-electron chi connectivity index (χ3n) is 3.32. The van der Waals surface area contributed by atoms with Gasteiger partial charge in [0.05, 0.1) is 16.7 Å². The lowest BCUT2D eigenvalue weighted by Crippen LogP contribution is -2.23. The van der Waals surface area contributed by atoms with E-state index < -0.39 is 23.5 Å². The molecule has 0 spiro atoms. The zero-order valence-corrected chi connectivity index (χ0v) is 15.8. The van der Waals surface area contributed by atoms with E-state index in [1.165, 1.54) is 30.3 Å². The van der Waals surface area contributed by atoms with Crippen molar-refractivity contribution in [2.75, 3.05) is 5.73 Å². The maximum absolute atomic E-state index is 12.1. The fraction of sp³-hybridized carbons (Fsp3) is 0.211. The van der Waals surface area contributed by atoms with Gasteiger partial charge >= 0.3 is 17.9 Å². The van der Waals surface area contributed by atoms with Gasteiger partial charge in [0.2, 0.25) is 0 Å². The molecule has 4 N–H and O–H groups in total. The lowest BCUT2D eigenvalue weighted by atomic mass is 10.1. The van der Waals surface area contributed by atoms with Crippen molar-refractivity contribution < 1.29 is 29.3 Å². The van der Waals surface area contributed by atoms with E-state index in [2.05, 4.69) is 0 Å². The van der Waals surface area contributed by atoms with Crippen LogP contribution in [0.25, 0.3) is 0 Å². The normalized spacial score (nSPS) is 11.1. The first-order chi connectivity index (χ1) is 12.5. The fourth-order valence-electron chi connectivity index (χ4n) is 2.14. The van der Waals surface area contributed by atoms with Crippen LogP contribution in [0.5, 0.6) is 0 Å². The van der Waals surface area contributed by atoms with Crippen molar-refractivity contribution in [2.24, 2.45) is 0 Å². The molecule has 0 saturated heterocycles. The Labute approximate surface area is 160 Å². The van der Waals surface area contributed by atoms with Gasteiger partial charge in [-0.25, -0.2) is 14.4 Å². The average Bonchev–Trinajstić information content (AvgIpc) is 2.54. The van der Waals surface area contributed by atoms with Crippen LogP contribution in [0.4, 0.5) is 5.69 Å². The highest BCUT2D eigenvalue weighted by Gasteiger charge is 2.20. The zero-order chi connectivity index (χ0) is 20.4.